The lowest BCUT2D eigenvalue weighted by Gasteiger charge is -2.34. The lowest BCUT2D eigenvalue weighted by molar-refractivity contribution is 0.288. The molecule has 0 spiro atoms. The van der Waals surface area contributed by atoms with Gasteiger partial charge in [-0.1, -0.05) is 0 Å². The normalized spacial score (nSPS) is 24.1. The van der Waals surface area contributed by atoms with Gasteiger partial charge in [-0.2, -0.15) is 5.10 Å². The molecule has 0 aliphatic carbocycles. The summed E-state index contributed by atoms with van der Waals surface area (Å²) < 4.78 is 6.93. The van der Waals surface area contributed by atoms with Gasteiger partial charge in [-0.3, -0.25) is 0 Å². The van der Waals surface area contributed by atoms with Crippen molar-refractivity contribution in [2.45, 2.75) is 24.9 Å². The highest BCUT2D eigenvalue weighted by Gasteiger charge is 2.32. The number of fused-ring (bicyclic) bond motifs is 3. The molecule has 2 saturated heterocycles. The van der Waals surface area contributed by atoms with E-state index in [-0.39, 0.29) is 0 Å². The van der Waals surface area contributed by atoms with Gasteiger partial charge in [0, 0.05) is 61.0 Å². The smallest absolute Gasteiger partial charge is 0.184 e. The maximum absolute atomic E-state index is 5.79. The van der Waals surface area contributed by atoms with Crippen LogP contribution in [0.2, 0.25) is 0 Å². The third-order valence-corrected chi connectivity index (χ3v) is 5.09. The Morgan fingerprint density at radius 1 is 1.36 bits per heavy atom. The molecule has 25 heavy (non-hydrogen) atoms. The largest absolute Gasteiger partial charge is 0.483 e. The van der Waals surface area contributed by atoms with Crippen molar-refractivity contribution in [3.05, 3.63) is 48.2 Å². The summed E-state index contributed by atoms with van der Waals surface area (Å²) >= 11 is 0. The zero-order chi connectivity index (χ0) is 17.4. The summed E-state index contributed by atoms with van der Waals surface area (Å²) in [7, 11) is 1.54. The first-order valence-corrected chi connectivity index (χ1v) is 8.59. The van der Waals surface area contributed by atoms with E-state index in [0.717, 1.165) is 29.7 Å². The SMILES string of the molecule is CO/C(N)=C/C(=C\N)c1cc2c(N3CC4CC[C@H](C3)N4)ccnn2c1. The molecule has 132 valence electrons. The topological polar surface area (TPSA) is 93.8 Å². The van der Waals surface area contributed by atoms with Crippen LogP contribution in [0.1, 0.15) is 18.4 Å². The van der Waals surface area contributed by atoms with Crippen LogP contribution in [-0.2, 0) is 4.74 Å². The number of piperazine rings is 1. The van der Waals surface area contributed by atoms with Gasteiger partial charge in [0.05, 0.1) is 18.3 Å². The number of methoxy groups -OCH3 is 1. The number of nitrogens with zero attached hydrogens (tertiary/aromatic N) is 3. The van der Waals surface area contributed by atoms with Crippen molar-refractivity contribution >= 4 is 16.8 Å². The standard InChI is InChI=1S/C18H24N6O/c1-25-18(20)7-12(8-19)13-6-17-16(4-5-21-24(17)9-13)23-10-14-2-3-15(11-23)22-14/h4-9,14-15,22H,2-3,10-11,19-20H2,1H3/b12-8+,18-7+/t14-,15?/m1/s1. The van der Waals surface area contributed by atoms with Crippen molar-refractivity contribution in [2.24, 2.45) is 11.5 Å². The quantitative estimate of drug-likeness (QED) is 0.568. The van der Waals surface area contributed by atoms with Crippen molar-refractivity contribution < 1.29 is 4.74 Å². The summed E-state index contributed by atoms with van der Waals surface area (Å²) in [6.45, 7) is 2.07. The molecule has 5 N–H and O–H groups in total. The average molecular weight is 340 g/mol. The fourth-order valence-electron chi connectivity index (χ4n) is 3.86. The number of ether oxygens (including phenoxy) is 1. The summed E-state index contributed by atoms with van der Waals surface area (Å²) in [5, 5.41) is 8.12. The summed E-state index contributed by atoms with van der Waals surface area (Å²) in [5.74, 6) is 0.318. The second-order valence-corrected chi connectivity index (χ2v) is 6.69. The second-order valence-electron chi connectivity index (χ2n) is 6.69. The summed E-state index contributed by atoms with van der Waals surface area (Å²) in [4.78, 5) is 2.46. The van der Waals surface area contributed by atoms with Crippen molar-refractivity contribution in [3.8, 4) is 0 Å². The van der Waals surface area contributed by atoms with Gasteiger partial charge in [-0.05, 0) is 25.0 Å². The molecule has 2 aliphatic rings. The predicted molar refractivity (Wildman–Crippen MR) is 98.8 cm³/mol. The Labute approximate surface area is 146 Å². The summed E-state index contributed by atoms with van der Waals surface area (Å²) in [6, 6.07) is 5.37. The Kier molecular flexibility index (Phi) is 4.01. The first-order valence-electron chi connectivity index (χ1n) is 8.59. The molecule has 2 bridgehead atoms. The van der Waals surface area contributed by atoms with E-state index >= 15 is 0 Å². The van der Waals surface area contributed by atoms with Crippen LogP contribution in [0.3, 0.4) is 0 Å². The zero-order valence-electron chi connectivity index (χ0n) is 14.4. The molecular weight excluding hydrogens is 316 g/mol. The van der Waals surface area contributed by atoms with E-state index in [1.165, 1.54) is 31.8 Å². The number of hydrogen-bond acceptors (Lipinski definition) is 6. The summed E-state index contributed by atoms with van der Waals surface area (Å²) in [5.41, 5.74) is 15.6. The number of hydrogen-bond donors (Lipinski definition) is 3. The Hall–Kier alpha value is -2.67. The van der Waals surface area contributed by atoms with Crippen LogP contribution in [0.25, 0.3) is 11.1 Å². The number of nitrogens with one attached hydrogen (secondary N) is 1. The van der Waals surface area contributed by atoms with E-state index < -0.39 is 0 Å². The maximum atomic E-state index is 5.79. The van der Waals surface area contributed by atoms with Gasteiger partial charge >= 0.3 is 0 Å². The van der Waals surface area contributed by atoms with Gasteiger partial charge in [-0.15, -0.1) is 0 Å². The van der Waals surface area contributed by atoms with Gasteiger partial charge in [0.2, 0.25) is 0 Å². The number of anilines is 1. The molecule has 0 aromatic carbocycles. The summed E-state index contributed by atoms with van der Waals surface area (Å²) in [6.07, 6.45) is 9.59. The Morgan fingerprint density at radius 3 is 2.80 bits per heavy atom. The minimum atomic E-state index is 0.318. The van der Waals surface area contributed by atoms with E-state index in [1.54, 1.807) is 6.08 Å². The van der Waals surface area contributed by atoms with Crippen LogP contribution in [0.5, 0.6) is 0 Å². The third kappa shape index (κ3) is 2.91. The number of rotatable bonds is 4. The van der Waals surface area contributed by atoms with Crippen molar-refractivity contribution in [1.29, 1.82) is 0 Å². The van der Waals surface area contributed by atoms with E-state index in [2.05, 4.69) is 27.4 Å². The van der Waals surface area contributed by atoms with Crippen molar-refractivity contribution in [1.82, 2.24) is 14.9 Å². The lowest BCUT2D eigenvalue weighted by Crippen LogP contribution is -2.51. The van der Waals surface area contributed by atoms with Gasteiger partial charge in [0.15, 0.2) is 5.88 Å². The zero-order valence-corrected chi connectivity index (χ0v) is 14.4. The fraction of sp³-hybridized carbons (Fsp3) is 0.389. The number of aromatic nitrogens is 2. The molecule has 2 fully saturated rings. The van der Waals surface area contributed by atoms with Crippen LogP contribution in [0.15, 0.2) is 42.7 Å². The van der Waals surface area contributed by atoms with Gasteiger partial charge < -0.3 is 26.4 Å². The molecule has 7 nitrogen and oxygen atoms in total. The molecule has 7 heteroatoms. The Morgan fingerprint density at radius 2 is 2.12 bits per heavy atom. The molecular formula is C18H24N6O. The van der Waals surface area contributed by atoms with Gasteiger partial charge in [-0.25, -0.2) is 4.52 Å². The van der Waals surface area contributed by atoms with Crippen LogP contribution in [-0.4, -0.2) is 41.9 Å². The van der Waals surface area contributed by atoms with E-state index in [0.29, 0.717) is 18.0 Å². The highest BCUT2D eigenvalue weighted by molar-refractivity contribution is 5.82. The first-order chi connectivity index (χ1) is 12.2. The molecule has 2 aliphatic heterocycles. The predicted octanol–water partition coefficient (Wildman–Crippen LogP) is 1.02. The van der Waals surface area contributed by atoms with Crippen LogP contribution >= 0.6 is 0 Å². The van der Waals surface area contributed by atoms with E-state index in [9.17, 15) is 0 Å². The fourth-order valence-corrected chi connectivity index (χ4v) is 3.86. The first kappa shape index (κ1) is 15.8. The molecule has 2 atom stereocenters. The minimum absolute atomic E-state index is 0.318. The Balaban J connectivity index is 1.72. The second kappa shape index (κ2) is 6.33. The van der Waals surface area contributed by atoms with Gasteiger partial charge in [0.1, 0.15) is 0 Å². The molecule has 2 aromatic rings. The van der Waals surface area contributed by atoms with Crippen LogP contribution in [0.4, 0.5) is 5.69 Å². The van der Waals surface area contributed by atoms with Crippen molar-refractivity contribution in [3.63, 3.8) is 0 Å². The molecule has 4 heterocycles. The molecule has 4 rings (SSSR count). The third-order valence-electron chi connectivity index (χ3n) is 5.09. The highest BCUT2D eigenvalue weighted by Crippen LogP contribution is 2.30. The monoisotopic (exact) mass is 340 g/mol. The molecule has 2 aromatic heterocycles. The van der Waals surface area contributed by atoms with E-state index in [1.807, 2.05) is 16.9 Å². The van der Waals surface area contributed by atoms with Crippen LogP contribution in [0, 0.1) is 0 Å². The Bertz CT molecular complexity index is 827. The highest BCUT2D eigenvalue weighted by atomic mass is 16.5. The maximum Gasteiger partial charge on any atom is 0.184 e. The minimum Gasteiger partial charge on any atom is -0.483 e. The molecule has 1 unspecified atom stereocenters. The molecule has 0 amide bonds. The van der Waals surface area contributed by atoms with Crippen LogP contribution < -0.4 is 21.7 Å². The average Bonchev–Trinajstić information content (AvgIpc) is 3.21. The van der Waals surface area contributed by atoms with E-state index in [4.69, 9.17) is 16.2 Å². The number of nitrogens with two attached hydrogens (primary N) is 2. The lowest BCUT2D eigenvalue weighted by atomic mass is 10.1. The molecule has 0 radical (unpaired) electrons. The van der Waals surface area contributed by atoms with Crippen molar-refractivity contribution in [2.75, 3.05) is 25.1 Å². The van der Waals surface area contributed by atoms with Gasteiger partial charge in [0.25, 0.3) is 0 Å². The number of allylic oxidation sites excluding steroid dienone is 2. The molecule has 0 saturated carbocycles.